The van der Waals surface area contributed by atoms with E-state index in [9.17, 15) is 9.59 Å². The Morgan fingerprint density at radius 2 is 1.76 bits per heavy atom. The molecule has 2 N–H and O–H groups in total. The van der Waals surface area contributed by atoms with Gasteiger partial charge in [-0.05, 0) is 47.0 Å². The Bertz CT molecular complexity index is 948. The third-order valence-corrected chi connectivity index (χ3v) is 4.25. The minimum atomic E-state index is -0.180. The Labute approximate surface area is 146 Å². The van der Waals surface area contributed by atoms with Gasteiger partial charge in [0.15, 0.2) is 0 Å². The summed E-state index contributed by atoms with van der Waals surface area (Å²) in [5, 5.41) is 7.68. The van der Waals surface area contributed by atoms with Gasteiger partial charge in [-0.3, -0.25) is 9.59 Å². The van der Waals surface area contributed by atoms with Crippen LogP contribution in [0, 0.1) is 6.92 Å². The summed E-state index contributed by atoms with van der Waals surface area (Å²) in [5.41, 5.74) is 3.25. The van der Waals surface area contributed by atoms with Crippen molar-refractivity contribution < 1.29 is 9.59 Å². The predicted molar refractivity (Wildman–Crippen MR) is 101 cm³/mol. The molecule has 0 radical (unpaired) electrons. The number of anilines is 1. The van der Waals surface area contributed by atoms with Crippen molar-refractivity contribution in [3.05, 3.63) is 77.4 Å². The number of fused-ring (bicyclic) bond motifs is 1. The number of amides is 2. The maximum absolute atomic E-state index is 12.5. The number of aryl methyl sites for hydroxylation is 1. The zero-order valence-electron chi connectivity index (χ0n) is 14.3. The van der Waals surface area contributed by atoms with E-state index in [4.69, 9.17) is 0 Å². The van der Waals surface area contributed by atoms with Gasteiger partial charge in [0, 0.05) is 18.3 Å². The molecule has 0 aliphatic heterocycles. The SMILES string of the molecule is CNC(=O)c1cccc(NC(=O)Cc2c(C)ccc3ccccc23)c1. The number of hydrogen-bond acceptors (Lipinski definition) is 2. The predicted octanol–water partition coefficient (Wildman–Crippen LogP) is 3.69. The molecule has 3 aromatic rings. The molecule has 0 atom stereocenters. The van der Waals surface area contributed by atoms with Gasteiger partial charge in [-0.15, -0.1) is 0 Å². The first-order valence-electron chi connectivity index (χ1n) is 8.17. The molecule has 0 aliphatic rings. The first kappa shape index (κ1) is 16.7. The van der Waals surface area contributed by atoms with Crippen LogP contribution in [0.2, 0.25) is 0 Å². The zero-order valence-corrected chi connectivity index (χ0v) is 14.3. The normalized spacial score (nSPS) is 10.5. The Morgan fingerprint density at radius 3 is 2.56 bits per heavy atom. The average molecular weight is 332 g/mol. The largest absolute Gasteiger partial charge is 0.355 e. The molecule has 3 aromatic carbocycles. The maximum Gasteiger partial charge on any atom is 0.251 e. The topological polar surface area (TPSA) is 58.2 Å². The smallest absolute Gasteiger partial charge is 0.251 e. The Kier molecular flexibility index (Phi) is 4.80. The van der Waals surface area contributed by atoms with Crippen LogP contribution in [0.1, 0.15) is 21.5 Å². The molecule has 0 aromatic heterocycles. The van der Waals surface area contributed by atoms with Crippen molar-refractivity contribution in [2.24, 2.45) is 0 Å². The van der Waals surface area contributed by atoms with E-state index in [0.29, 0.717) is 11.3 Å². The highest BCUT2D eigenvalue weighted by atomic mass is 16.2. The van der Waals surface area contributed by atoms with Gasteiger partial charge >= 0.3 is 0 Å². The maximum atomic E-state index is 12.5. The van der Waals surface area contributed by atoms with Crippen LogP contribution in [0.25, 0.3) is 10.8 Å². The number of nitrogens with one attached hydrogen (secondary N) is 2. The summed E-state index contributed by atoms with van der Waals surface area (Å²) in [6, 6.07) is 19.1. The summed E-state index contributed by atoms with van der Waals surface area (Å²) in [6.45, 7) is 2.02. The van der Waals surface area contributed by atoms with Crippen molar-refractivity contribution in [1.29, 1.82) is 0 Å². The van der Waals surface area contributed by atoms with E-state index in [1.807, 2.05) is 37.3 Å². The van der Waals surface area contributed by atoms with Crippen LogP contribution < -0.4 is 10.6 Å². The summed E-state index contributed by atoms with van der Waals surface area (Å²) in [5.74, 6) is -0.283. The molecule has 0 saturated heterocycles. The fourth-order valence-corrected chi connectivity index (χ4v) is 2.93. The van der Waals surface area contributed by atoms with E-state index in [1.54, 1.807) is 31.3 Å². The first-order valence-corrected chi connectivity index (χ1v) is 8.17. The van der Waals surface area contributed by atoms with Gasteiger partial charge in [0.1, 0.15) is 0 Å². The Hall–Kier alpha value is -3.14. The third kappa shape index (κ3) is 3.69. The van der Waals surface area contributed by atoms with E-state index in [1.165, 1.54) is 0 Å². The Balaban J connectivity index is 1.82. The minimum absolute atomic E-state index is 0.103. The molecule has 0 bridgehead atoms. The van der Waals surface area contributed by atoms with Gasteiger partial charge < -0.3 is 10.6 Å². The Morgan fingerprint density at radius 1 is 0.960 bits per heavy atom. The second-order valence-corrected chi connectivity index (χ2v) is 5.97. The minimum Gasteiger partial charge on any atom is -0.355 e. The highest BCUT2D eigenvalue weighted by molar-refractivity contribution is 5.99. The molecular formula is C21H20N2O2. The highest BCUT2D eigenvalue weighted by Gasteiger charge is 2.11. The van der Waals surface area contributed by atoms with Crippen LogP contribution in [0.5, 0.6) is 0 Å². The summed E-state index contributed by atoms with van der Waals surface area (Å²) in [4.78, 5) is 24.2. The molecule has 0 fully saturated rings. The van der Waals surface area contributed by atoms with E-state index in [0.717, 1.165) is 21.9 Å². The molecule has 2 amide bonds. The molecule has 0 spiro atoms. The van der Waals surface area contributed by atoms with Crippen molar-refractivity contribution >= 4 is 28.3 Å². The third-order valence-electron chi connectivity index (χ3n) is 4.25. The van der Waals surface area contributed by atoms with E-state index >= 15 is 0 Å². The lowest BCUT2D eigenvalue weighted by atomic mass is 9.97. The van der Waals surface area contributed by atoms with Crippen molar-refractivity contribution in [2.45, 2.75) is 13.3 Å². The molecule has 4 heteroatoms. The molecule has 0 aliphatic carbocycles. The van der Waals surface area contributed by atoms with Crippen LogP contribution in [0.3, 0.4) is 0 Å². The summed E-state index contributed by atoms with van der Waals surface area (Å²) in [6.07, 6.45) is 0.289. The number of benzene rings is 3. The average Bonchev–Trinajstić information content (AvgIpc) is 2.63. The van der Waals surface area contributed by atoms with Crippen LogP contribution in [-0.2, 0) is 11.2 Å². The van der Waals surface area contributed by atoms with Gasteiger partial charge in [0.25, 0.3) is 5.91 Å². The lowest BCUT2D eigenvalue weighted by Crippen LogP contribution is -2.19. The standard InChI is InChI=1S/C21H20N2O2/c1-14-10-11-15-6-3-4-9-18(15)19(14)13-20(24)23-17-8-5-7-16(12-17)21(25)22-2/h3-12H,13H2,1-2H3,(H,22,25)(H,23,24). The summed E-state index contributed by atoms with van der Waals surface area (Å²) in [7, 11) is 1.58. The van der Waals surface area contributed by atoms with Gasteiger partial charge in [0.05, 0.1) is 6.42 Å². The monoisotopic (exact) mass is 332 g/mol. The van der Waals surface area contributed by atoms with E-state index in [-0.39, 0.29) is 18.2 Å². The number of rotatable bonds is 4. The van der Waals surface area contributed by atoms with Crippen LogP contribution in [0.4, 0.5) is 5.69 Å². The molecule has 0 heterocycles. The van der Waals surface area contributed by atoms with Gasteiger partial charge in [-0.25, -0.2) is 0 Å². The van der Waals surface area contributed by atoms with Crippen LogP contribution >= 0.6 is 0 Å². The number of carbonyl (C=O) groups excluding carboxylic acids is 2. The fourth-order valence-electron chi connectivity index (χ4n) is 2.93. The molecule has 3 rings (SSSR count). The van der Waals surface area contributed by atoms with Crippen molar-refractivity contribution in [2.75, 3.05) is 12.4 Å². The molecule has 126 valence electrons. The quantitative estimate of drug-likeness (QED) is 0.765. The van der Waals surface area contributed by atoms with Gasteiger partial charge in [-0.1, -0.05) is 42.5 Å². The molecule has 0 saturated carbocycles. The summed E-state index contributed by atoms with van der Waals surface area (Å²) >= 11 is 0. The molecular weight excluding hydrogens is 312 g/mol. The molecule has 4 nitrogen and oxygen atoms in total. The summed E-state index contributed by atoms with van der Waals surface area (Å²) < 4.78 is 0. The second-order valence-electron chi connectivity index (χ2n) is 5.97. The second kappa shape index (κ2) is 7.18. The van der Waals surface area contributed by atoms with Crippen molar-refractivity contribution in [1.82, 2.24) is 5.32 Å². The lowest BCUT2D eigenvalue weighted by molar-refractivity contribution is -0.115. The first-order chi connectivity index (χ1) is 12.1. The van der Waals surface area contributed by atoms with Crippen LogP contribution in [-0.4, -0.2) is 18.9 Å². The van der Waals surface area contributed by atoms with Crippen molar-refractivity contribution in [3.63, 3.8) is 0 Å². The fraction of sp³-hybridized carbons (Fsp3) is 0.143. The highest BCUT2D eigenvalue weighted by Crippen LogP contribution is 2.23. The zero-order chi connectivity index (χ0) is 17.8. The number of carbonyl (C=O) groups is 2. The lowest BCUT2D eigenvalue weighted by Gasteiger charge is -2.11. The van der Waals surface area contributed by atoms with E-state index in [2.05, 4.69) is 16.7 Å². The van der Waals surface area contributed by atoms with Crippen molar-refractivity contribution in [3.8, 4) is 0 Å². The van der Waals surface area contributed by atoms with E-state index < -0.39 is 0 Å². The number of hydrogen-bond donors (Lipinski definition) is 2. The van der Waals surface area contributed by atoms with Gasteiger partial charge in [-0.2, -0.15) is 0 Å². The molecule has 0 unspecified atom stereocenters. The van der Waals surface area contributed by atoms with Gasteiger partial charge in [0.2, 0.25) is 5.91 Å². The van der Waals surface area contributed by atoms with Crippen LogP contribution in [0.15, 0.2) is 60.7 Å². The molecule has 25 heavy (non-hydrogen) atoms.